The summed E-state index contributed by atoms with van der Waals surface area (Å²) in [6, 6.07) is 9.83. The molecule has 0 amide bonds. The van der Waals surface area contributed by atoms with E-state index in [2.05, 4.69) is 15.3 Å². The molecule has 184 valence electrons. The molecule has 0 saturated carbocycles. The highest BCUT2D eigenvalue weighted by Gasteiger charge is 2.21. The number of benzene rings is 2. The number of nitrogens with one attached hydrogen (secondary N) is 1. The van der Waals surface area contributed by atoms with Crippen molar-refractivity contribution in [3.05, 3.63) is 82.0 Å². The normalized spacial score (nSPS) is 10.7. The zero-order valence-electron chi connectivity index (χ0n) is 20.0. The maximum Gasteiger partial charge on any atom is 0.294 e. The largest absolute Gasteiger partial charge is 0.494 e. The first-order valence-corrected chi connectivity index (χ1v) is 10.8. The Labute approximate surface area is 206 Å². The maximum atomic E-state index is 14.7. The molecule has 0 atom stereocenters. The first-order chi connectivity index (χ1) is 17.2. The minimum absolute atomic E-state index is 0.0392. The highest BCUT2D eigenvalue weighted by molar-refractivity contribution is 5.78. The van der Waals surface area contributed by atoms with Gasteiger partial charge in [0, 0.05) is 55.4 Å². The Morgan fingerprint density at radius 1 is 1.19 bits per heavy atom. The molecule has 2 aromatic carbocycles. The molecule has 0 unspecified atom stereocenters. The Bertz CT molecular complexity index is 1450. The topological polar surface area (TPSA) is 115 Å². The van der Waals surface area contributed by atoms with Crippen molar-refractivity contribution in [2.24, 2.45) is 0 Å². The van der Waals surface area contributed by atoms with Gasteiger partial charge in [0.25, 0.3) is 5.69 Å². The zero-order chi connectivity index (χ0) is 26.0. The predicted octanol–water partition coefficient (Wildman–Crippen LogP) is 4.92. The lowest BCUT2D eigenvalue weighted by Crippen LogP contribution is -2.12. The van der Waals surface area contributed by atoms with E-state index in [0.29, 0.717) is 22.6 Å². The number of aryl methyl sites for hydroxylation is 1. The van der Waals surface area contributed by atoms with Crippen molar-refractivity contribution in [3.8, 4) is 22.7 Å². The van der Waals surface area contributed by atoms with E-state index in [4.69, 9.17) is 4.74 Å². The third-order valence-electron chi connectivity index (χ3n) is 5.60. The molecule has 11 heteroatoms. The van der Waals surface area contributed by atoms with Gasteiger partial charge in [0.2, 0.25) is 5.95 Å². The number of aldehydes is 1. The molecule has 0 spiro atoms. The number of nitrogens with zero attached hydrogens (tertiary/aromatic N) is 5. The monoisotopic (exact) mass is 490 g/mol. The van der Waals surface area contributed by atoms with Crippen LogP contribution in [-0.4, -0.2) is 46.9 Å². The Morgan fingerprint density at radius 2 is 1.92 bits per heavy atom. The highest BCUT2D eigenvalue weighted by atomic mass is 19.1. The number of hydrogen-bond acceptors (Lipinski definition) is 8. The number of carbonyl (C=O) groups is 1. The summed E-state index contributed by atoms with van der Waals surface area (Å²) in [5, 5.41) is 14.5. The molecular formula is C25H23FN6O4. The fraction of sp³-hybridized carbons (Fsp3) is 0.160. The molecule has 0 fully saturated rings. The van der Waals surface area contributed by atoms with Crippen LogP contribution in [0.2, 0.25) is 0 Å². The predicted molar refractivity (Wildman–Crippen MR) is 134 cm³/mol. The molecule has 4 aromatic rings. The summed E-state index contributed by atoms with van der Waals surface area (Å²) >= 11 is 0. The number of methoxy groups -OCH3 is 1. The minimum Gasteiger partial charge on any atom is -0.494 e. The smallest absolute Gasteiger partial charge is 0.294 e. The first-order valence-electron chi connectivity index (χ1n) is 10.8. The van der Waals surface area contributed by atoms with Crippen LogP contribution in [-0.2, 0) is 0 Å². The maximum absolute atomic E-state index is 14.7. The quantitative estimate of drug-likeness (QED) is 0.210. The zero-order valence-corrected chi connectivity index (χ0v) is 20.0. The van der Waals surface area contributed by atoms with Gasteiger partial charge in [-0.1, -0.05) is 12.1 Å². The molecule has 0 aliphatic rings. The van der Waals surface area contributed by atoms with Gasteiger partial charge in [-0.3, -0.25) is 14.9 Å². The van der Waals surface area contributed by atoms with Crippen molar-refractivity contribution in [1.29, 1.82) is 0 Å². The number of hydrogen-bond donors (Lipinski definition) is 1. The summed E-state index contributed by atoms with van der Waals surface area (Å²) in [5.74, 6) is -0.258. The van der Waals surface area contributed by atoms with Gasteiger partial charge >= 0.3 is 0 Å². The van der Waals surface area contributed by atoms with Crippen LogP contribution in [0.5, 0.6) is 5.75 Å². The van der Waals surface area contributed by atoms with Crippen molar-refractivity contribution >= 4 is 29.3 Å². The summed E-state index contributed by atoms with van der Waals surface area (Å²) in [6.07, 6.45) is 5.38. The number of halogens is 1. The molecule has 1 N–H and O–H groups in total. The van der Waals surface area contributed by atoms with Crippen LogP contribution in [0.1, 0.15) is 15.9 Å². The van der Waals surface area contributed by atoms with Gasteiger partial charge in [0.15, 0.2) is 12.1 Å². The average molecular weight is 490 g/mol. The van der Waals surface area contributed by atoms with E-state index in [-0.39, 0.29) is 23.0 Å². The molecule has 36 heavy (non-hydrogen) atoms. The fourth-order valence-corrected chi connectivity index (χ4v) is 3.71. The lowest BCUT2D eigenvalue weighted by molar-refractivity contribution is -0.384. The second kappa shape index (κ2) is 9.82. The second-order valence-electron chi connectivity index (χ2n) is 8.18. The van der Waals surface area contributed by atoms with Gasteiger partial charge in [-0.05, 0) is 24.6 Å². The molecule has 0 saturated heterocycles. The Kier molecular flexibility index (Phi) is 6.64. The number of rotatable bonds is 8. The van der Waals surface area contributed by atoms with Gasteiger partial charge in [-0.15, -0.1) is 0 Å². The van der Waals surface area contributed by atoms with Crippen LogP contribution in [0.15, 0.2) is 55.0 Å². The van der Waals surface area contributed by atoms with Gasteiger partial charge in [-0.2, -0.15) is 0 Å². The van der Waals surface area contributed by atoms with Gasteiger partial charge < -0.3 is 19.5 Å². The van der Waals surface area contributed by atoms with E-state index in [0.717, 1.165) is 23.7 Å². The first kappa shape index (κ1) is 24.3. The summed E-state index contributed by atoms with van der Waals surface area (Å²) in [5.41, 5.74) is 3.27. The molecule has 0 bridgehead atoms. The van der Waals surface area contributed by atoms with Crippen LogP contribution < -0.4 is 15.0 Å². The van der Waals surface area contributed by atoms with E-state index in [9.17, 15) is 19.3 Å². The van der Waals surface area contributed by atoms with Crippen molar-refractivity contribution in [2.45, 2.75) is 6.92 Å². The molecular weight excluding hydrogens is 467 g/mol. The lowest BCUT2D eigenvalue weighted by atomic mass is 10.1. The Hall–Kier alpha value is -4.80. The third kappa shape index (κ3) is 4.71. The molecule has 4 rings (SSSR count). The molecule has 0 radical (unpaired) electrons. The average Bonchev–Trinajstić information content (AvgIpc) is 3.25. The molecule has 2 aromatic heterocycles. The van der Waals surface area contributed by atoms with E-state index in [1.54, 1.807) is 49.5 Å². The molecule has 2 heterocycles. The van der Waals surface area contributed by atoms with E-state index < -0.39 is 10.7 Å². The van der Waals surface area contributed by atoms with Crippen molar-refractivity contribution in [3.63, 3.8) is 0 Å². The van der Waals surface area contributed by atoms with Crippen LogP contribution in [0, 0.1) is 22.9 Å². The number of anilines is 3. The lowest BCUT2D eigenvalue weighted by Gasteiger charge is -2.17. The summed E-state index contributed by atoms with van der Waals surface area (Å²) in [4.78, 5) is 32.1. The number of nitro groups is 1. The standard InChI is InChI=1S/C25H23FN6O4/c1-15-12-31(13-17(15)14-33)18-7-5-16(6-8-18)24-19(26)11-27-25(29-24)28-20-9-22(32(34)35)21(30(2)3)10-23(20)36-4/h5-14H,1-4H3,(H,27,28,29). The van der Waals surface area contributed by atoms with Crippen LogP contribution in [0.25, 0.3) is 16.9 Å². The van der Waals surface area contributed by atoms with Crippen LogP contribution >= 0.6 is 0 Å². The van der Waals surface area contributed by atoms with Gasteiger partial charge in [-0.25, -0.2) is 14.4 Å². The summed E-state index contributed by atoms with van der Waals surface area (Å²) < 4.78 is 21.9. The molecule has 10 nitrogen and oxygen atoms in total. The number of carbonyl (C=O) groups excluding carboxylic acids is 1. The SMILES string of the molecule is COc1cc(N(C)C)c([N+](=O)[O-])cc1Nc1ncc(F)c(-c2ccc(-n3cc(C)c(C=O)c3)cc2)n1. The highest BCUT2D eigenvalue weighted by Crippen LogP contribution is 2.38. The van der Waals surface area contributed by atoms with E-state index in [1.165, 1.54) is 19.2 Å². The van der Waals surface area contributed by atoms with Crippen molar-refractivity contribution < 1.29 is 18.8 Å². The number of nitro benzene ring substituents is 1. The minimum atomic E-state index is -0.630. The Morgan fingerprint density at radius 3 is 2.50 bits per heavy atom. The van der Waals surface area contributed by atoms with Crippen LogP contribution in [0.4, 0.5) is 27.4 Å². The Balaban J connectivity index is 1.67. The van der Waals surface area contributed by atoms with Gasteiger partial charge in [0.1, 0.15) is 17.1 Å². The van der Waals surface area contributed by atoms with E-state index in [1.807, 2.05) is 17.7 Å². The van der Waals surface area contributed by atoms with E-state index >= 15 is 0 Å². The number of ether oxygens (including phenoxy) is 1. The number of aromatic nitrogens is 3. The molecule has 0 aliphatic heterocycles. The van der Waals surface area contributed by atoms with Crippen molar-refractivity contribution in [1.82, 2.24) is 14.5 Å². The van der Waals surface area contributed by atoms with Crippen molar-refractivity contribution in [2.75, 3.05) is 31.4 Å². The third-order valence-corrected chi connectivity index (χ3v) is 5.60. The molecule has 0 aliphatic carbocycles. The van der Waals surface area contributed by atoms with Gasteiger partial charge in [0.05, 0.1) is 23.9 Å². The fourth-order valence-electron chi connectivity index (χ4n) is 3.71. The van der Waals surface area contributed by atoms with Crippen LogP contribution in [0.3, 0.4) is 0 Å². The summed E-state index contributed by atoms with van der Waals surface area (Å²) in [6.45, 7) is 1.84. The second-order valence-corrected chi connectivity index (χ2v) is 8.18. The summed E-state index contributed by atoms with van der Waals surface area (Å²) in [7, 11) is 4.82.